The molecule has 0 amide bonds. The van der Waals surface area contributed by atoms with Gasteiger partial charge >= 0.3 is 0 Å². The molecule has 1 aromatic heterocycles. The Bertz CT molecular complexity index is 772. The molecule has 1 heterocycles. The smallest absolute Gasteiger partial charge is 0.222 e. The van der Waals surface area contributed by atoms with Crippen molar-refractivity contribution in [2.75, 3.05) is 11.1 Å². The van der Waals surface area contributed by atoms with Gasteiger partial charge in [-0.2, -0.15) is 4.98 Å². The molecule has 2 aromatic rings. The summed E-state index contributed by atoms with van der Waals surface area (Å²) >= 11 is 5.73. The molecule has 0 bridgehead atoms. The number of rotatable bonds is 4. The number of carbonyl (C=O) groups is 1. The van der Waals surface area contributed by atoms with Crippen LogP contribution >= 0.6 is 11.6 Å². The highest BCUT2D eigenvalue weighted by atomic mass is 35.5. The van der Waals surface area contributed by atoms with E-state index in [1.807, 2.05) is 0 Å². The zero-order valence-corrected chi connectivity index (χ0v) is 13.5. The van der Waals surface area contributed by atoms with Crippen LogP contribution in [0.4, 0.5) is 16.2 Å². The number of nitrogens with zero attached hydrogens (tertiary/aromatic N) is 2. The van der Waals surface area contributed by atoms with E-state index in [4.69, 9.17) is 22.1 Å². The highest BCUT2D eigenvalue weighted by molar-refractivity contribution is 6.30. The molecule has 1 saturated carbocycles. The van der Waals surface area contributed by atoms with Crippen LogP contribution in [0.5, 0.6) is 11.5 Å². The Balaban J connectivity index is 1.86. The third-order valence-electron chi connectivity index (χ3n) is 3.75. The van der Waals surface area contributed by atoms with Gasteiger partial charge in [0.15, 0.2) is 28.9 Å². The van der Waals surface area contributed by atoms with Gasteiger partial charge in [-0.3, -0.25) is 4.79 Å². The molecule has 6 nitrogen and oxygen atoms in total. The predicted octanol–water partition coefficient (Wildman–Crippen LogP) is 3.57. The number of carbonyl (C=O) groups excluding carboxylic acids is 1. The van der Waals surface area contributed by atoms with Gasteiger partial charge in [0.25, 0.3) is 0 Å². The molecule has 0 aliphatic heterocycles. The minimum absolute atomic E-state index is 0.0224. The summed E-state index contributed by atoms with van der Waals surface area (Å²) in [5, 5.41) is 3.30. The quantitative estimate of drug-likeness (QED) is 0.876. The van der Waals surface area contributed by atoms with Crippen LogP contribution in [0.3, 0.4) is 0 Å². The maximum atomic E-state index is 13.9. The zero-order valence-electron chi connectivity index (χ0n) is 12.8. The van der Waals surface area contributed by atoms with Gasteiger partial charge in [-0.05, 0) is 31.0 Å². The van der Waals surface area contributed by atoms with Crippen molar-refractivity contribution in [3.8, 4) is 11.5 Å². The summed E-state index contributed by atoms with van der Waals surface area (Å²) in [6.07, 6.45) is 4.41. The summed E-state index contributed by atoms with van der Waals surface area (Å²) in [6, 6.07) is 3.71. The average molecular weight is 351 g/mol. The molecule has 1 atom stereocenters. The van der Waals surface area contributed by atoms with E-state index in [1.165, 1.54) is 18.3 Å². The maximum Gasteiger partial charge on any atom is 0.222 e. The lowest BCUT2D eigenvalue weighted by Crippen LogP contribution is -2.32. The number of Topliss-reactive ketones (excluding diaryl/α,β-unsaturated/α-hetero) is 1. The van der Waals surface area contributed by atoms with Crippen molar-refractivity contribution in [3.05, 3.63) is 35.2 Å². The van der Waals surface area contributed by atoms with Crippen molar-refractivity contribution in [1.82, 2.24) is 9.97 Å². The van der Waals surface area contributed by atoms with Crippen molar-refractivity contribution in [2.24, 2.45) is 0 Å². The van der Waals surface area contributed by atoms with E-state index in [-0.39, 0.29) is 40.1 Å². The van der Waals surface area contributed by atoms with Gasteiger partial charge in [0.1, 0.15) is 0 Å². The van der Waals surface area contributed by atoms with Crippen LogP contribution in [0.15, 0.2) is 24.4 Å². The van der Waals surface area contributed by atoms with Crippen molar-refractivity contribution < 1.29 is 13.9 Å². The number of nitrogens with two attached hydrogens (primary N) is 1. The molecule has 24 heavy (non-hydrogen) atoms. The van der Waals surface area contributed by atoms with E-state index in [1.54, 1.807) is 0 Å². The van der Waals surface area contributed by atoms with Gasteiger partial charge in [0.05, 0.1) is 12.2 Å². The monoisotopic (exact) mass is 350 g/mol. The highest BCUT2D eigenvalue weighted by Crippen LogP contribution is 2.32. The van der Waals surface area contributed by atoms with Gasteiger partial charge in [-0.15, -0.1) is 0 Å². The Morgan fingerprint density at radius 3 is 2.92 bits per heavy atom. The van der Waals surface area contributed by atoms with Crippen molar-refractivity contribution in [2.45, 2.75) is 31.7 Å². The largest absolute Gasteiger partial charge is 0.449 e. The summed E-state index contributed by atoms with van der Waals surface area (Å²) in [7, 11) is 0. The average Bonchev–Trinajstić information content (AvgIpc) is 2.54. The topological polar surface area (TPSA) is 90.1 Å². The summed E-state index contributed by atoms with van der Waals surface area (Å²) in [4.78, 5) is 19.9. The number of halogens is 2. The van der Waals surface area contributed by atoms with Gasteiger partial charge in [0, 0.05) is 11.4 Å². The molecule has 1 fully saturated rings. The fraction of sp³-hybridized carbons (Fsp3) is 0.312. The molecule has 0 saturated heterocycles. The molecule has 0 spiro atoms. The fourth-order valence-corrected chi connectivity index (χ4v) is 2.70. The molecule has 3 rings (SSSR count). The summed E-state index contributed by atoms with van der Waals surface area (Å²) in [5.74, 6) is -0.0440. The first kappa shape index (κ1) is 16.4. The lowest BCUT2D eigenvalue weighted by Gasteiger charge is -2.23. The number of hydrogen-bond acceptors (Lipinski definition) is 6. The normalized spacial score (nSPS) is 17.6. The molecule has 3 N–H and O–H groups in total. The lowest BCUT2D eigenvalue weighted by atomic mass is 9.94. The van der Waals surface area contributed by atoms with Crippen molar-refractivity contribution in [1.29, 1.82) is 0 Å². The van der Waals surface area contributed by atoms with Gasteiger partial charge in [-0.1, -0.05) is 18.0 Å². The Labute approximate surface area is 143 Å². The minimum atomic E-state index is -0.612. The second-order valence-corrected chi connectivity index (χ2v) is 5.96. The Morgan fingerprint density at radius 1 is 1.33 bits per heavy atom. The summed E-state index contributed by atoms with van der Waals surface area (Å²) in [6.45, 7) is 0. The second kappa shape index (κ2) is 7.00. The van der Waals surface area contributed by atoms with Crippen LogP contribution in [-0.4, -0.2) is 21.8 Å². The molecule has 1 unspecified atom stereocenters. The standard InChI is InChI=1S/C16H16ClFN4O2/c17-9-5-6-13(10(18)7-9)24-14-8-20-16(19)22-15(14)21-11-3-1-2-4-12(11)23/h5-8,11H,1-4H2,(H3,19,20,21,22). The van der Waals surface area contributed by atoms with Crippen LogP contribution < -0.4 is 15.8 Å². The van der Waals surface area contributed by atoms with Crippen LogP contribution in [-0.2, 0) is 4.79 Å². The van der Waals surface area contributed by atoms with Gasteiger partial charge in [-0.25, -0.2) is 9.37 Å². The van der Waals surface area contributed by atoms with E-state index in [9.17, 15) is 9.18 Å². The number of aromatic nitrogens is 2. The van der Waals surface area contributed by atoms with Crippen LogP contribution in [0.25, 0.3) is 0 Å². The van der Waals surface area contributed by atoms with E-state index < -0.39 is 5.82 Å². The number of nitrogens with one attached hydrogen (secondary N) is 1. The zero-order chi connectivity index (χ0) is 17.1. The van der Waals surface area contributed by atoms with Gasteiger partial charge in [0.2, 0.25) is 5.95 Å². The number of hydrogen-bond donors (Lipinski definition) is 2. The number of ketones is 1. The first-order chi connectivity index (χ1) is 11.5. The first-order valence-electron chi connectivity index (χ1n) is 7.57. The molecule has 1 aliphatic carbocycles. The predicted molar refractivity (Wildman–Crippen MR) is 88.8 cm³/mol. The van der Waals surface area contributed by atoms with E-state index in [0.29, 0.717) is 12.8 Å². The molecule has 0 radical (unpaired) electrons. The molecule has 1 aliphatic rings. The third kappa shape index (κ3) is 3.73. The van der Waals surface area contributed by atoms with Crippen molar-refractivity contribution >= 4 is 29.2 Å². The first-order valence-corrected chi connectivity index (χ1v) is 7.95. The highest BCUT2D eigenvalue weighted by Gasteiger charge is 2.24. The summed E-state index contributed by atoms with van der Waals surface area (Å²) < 4.78 is 19.5. The Morgan fingerprint density at radius 2 is 2.17 bits per heavy atom. The lowest BCUT2D eigenvalue weighted by molar-refractivity contribution is -0.121. The number of ether oxygens (including phenoxy) is 1. The molecule has 8 heteroatoms. The number of nitrogen functional groups attached to an aromatic ring is 1. The van der Waals surface area contributed by atoms with Crippen molar-refractivity contribution in [3.63, 3.8) is 0 Å². The van der Waals surface area contributed by atoms with E-state index in [2.05, 4.69) is 15.3 Å². The van der Waals surface area contributed by atoms with Gasteiger partial charge < -0.3 is 15.8 Å². The Hall–Kier alpha value is -2.41. The maximum absolute atomic E-state index is 13.9. The van der Waals surface area contributed by atoms with Crippen LogP contribution in [0, 0.1) is 5.82 Å². The molecular weight excluding hydrogens is 335 g/mol. The summed E-state index contributed by atoms with van der Waals surface area (Å²) in [5.41, 5.74) is 5.62. The van der Waals surface area contributed by atoms with Crippen LogP contribution in [0.1, 0.15) is 25.7 Å². The Kier molecular flexibility index (Phi) is 4.80. The SMILES string of the molecule is Nc1ncc(Oc2ccc(Cl)cc2F)c(NC2CCCCC2=O)n1. The molecular formula is C16H16ClFN4O2. The van der Waals surface area contributed by atoms with Crippen LogP contribution in [0.2, 0.25) is 5.02 Å². The molecule has 1 aromatic carbocycles. The fourth-order valence-electron chi connectivity index (χ4n) is 2.54. The second-order valence-electron chi connectivity index (χ2n) is 5.53. The van der Waals surface area contributed by atoms with E-state index >= 15 is 0 Å². The number of benzene rings is 1. The third-order valence-corrected chi connectivity index (χ3v) is 3.99. The minimum Gasteiger partial charge on any atom is -0.449 e. The van der Waals surface area contributed by atoms with E-state index in [0.717, 1.165) is 18.9 Å². The molecule has 126 valence electrons. The number of anilines is 2.